The number of carboxylic acids is 1. The molecule has 2 atom stereocenters. The molecule has 0 unspecified atom stereocenters. The first-order valence-corrected chi connectivity index (χ1v) is 15.0. The van der Waals surface area contributed by atoms with Crippen LogP contribution in [0.15, 0.2) is 23.2 Å². The molecule has 18 heteroatoms. The highest BCUT2D eigenvalue weighted by Gasteiger charge is 2.51. The van der Waals surface area contributed by atoms with Gasteiger partial charge in [0, 0.05) is 12.6 Å². The molecule has 0 aliphatic carbocycles. The molecule has 1 aliphatic rings. The van der Waals surface area contributed by atoms with Crippen molar-refractivity contribution < 1.29 is 59.3 Å². The van der Waals surface area contributed by atoms with E-state index in [4.69, 9.17) is 9.47 Å². The van der Waals surface area contributed by atoms with Crippen LogP contribution in [0, 0.1) is 5.92 Å². The van der Waals surface area contributed by atoms with Gasteiger partial charge in [-0.2, -0.15) is 21.6 Å². The lowest BCUT2D eigenvalue weighted by Crippen LogP contribution is -2.45. The summed E-state index contributed by atoms with van der Waals surface area (Å²) >= 11 is 0.760. The Balaban J connectivity index is 2.05. The monoisotopic (exact) mass is 659 g/mol. The fraction of sp³-hybridized carbons (Fsp3) is 0.560. The number of carboxylic acid groups (broad SMARTS) is 1. The van der Waals surface area contributed by atoms with Crippen molar-refractivity contribution >= 4 is 44.8 Å². The van der Waals surface area contributed by atoms with Crippen molar-refractivity contribution in [1.29, 1.82) is 0 Å². The highest BCUT2D eigenvalue weighted by atomic mass is 32.2. The lowest BCUT2D eigenvalue weighted by atomic mass is 10.0. The van der Waals surface area contributed by atoms with Crippen molar-refractivity contribution in [2.45, 2.75) is 76.3 Å². The fourth-order valence-electron chi connectivity index (χ4n) is 3.70. The third-order valence-corrected chi connectivity index (χ3v) is 9.04. The van der Waals surface area contributed by atoms with Crippen molar-refractivity contribution in [3.63, 3.8) is 0 Å². The van der Waals surface area contributed by atoms with Gasteiger partial charge in [0.15, 0.2) is 6.61 Å². The van der Waals surface area contributed by atoms with E-state index in [9.17, 15) is 45.1 Å². The van der Waals surface area contributed by atoms with E-state index in [1.807, 2.05) is 0 Å². The number of aryl methyl sites for hydroxylation is 1. The van der Waals surface area contributed by atoms with Crippen molar-refractivity contribution in [3.8, 4) is 10.8 Å². The zero-order chi connectivity index (χ0) is 32.5. The van der Waals surface area contributed by atoms with Gasteiger partial charge in [0.1, 0.15) is 11.9 Å². The molecule has 0 saturated heterocycles. The van der Waals surface area contributed by atoms with Crippen LogP contribution >= 0.6 is 11.3 Å². The average molecular weight is 660 g/mol. The lowest BCUT2D eigenvalue weighted by molar-refractivity contribution is -0.242. The summed E-state index contributed by atoms with van der Waals surface area (Å²) in [6.45, 7) is 3.35. The predicted octanol–water partition coefficient (Wildman–Crippen LogP) is 5.70. The van der Waals surface area contributed by atoms with Gasteiger partial charge in [0.25, 0.3) is 15.9 Å². The van der Waals surface area contributed by atoms with Gasteiger partial charge < -0.3 is 19.3 Å². The van der Waals surface area contributed by atoms with Crippen LogP contribution in [0.4, 0.5) is 38.1 Å². The Labute approximate surface area is 248 Å². The lowest BCUT2D eigenvalue weighted by Gasteiger charge is -2.36. The molecule has 1 aliphatic heterocycles. The van der Waals surface area contributed by atoms with Gasteiger partial charge in [-0.3, -0.25) is 14.4 Å². The normalized spacial score (nSPS) is 16.6. The molecule has 43 heavy (non-hydrogen) atoms. The highest BCUT2D eigenvalue weighted by Crippen LogP contribution is 2.43. The third kappa shape index (κ3) is 8.16. The van der Waals surface area contributed by atoms with Crippen molar-refractivity contribution in [2.75, 3.05) is 22.8 Å². The van der Waals surface area contributed by atoms with Gasteiger partial charge in [-0.25, -0.2) is 18.6 Å². The number of carbonyl (C=O) groups excluding carboxylic acids is 1. The summed E-state index contributed by atoms with van der Waals surface area (Å²) in [4.78, 5) is 27.8. The van der Waals surface area contributed by atoms with E-state index >= 15 is 0 Å². The zero-order valence-corrected chi connectivity index (χ0v) is 25.3. The number of nitrogens with one attached hydrogen (secondary N) is 1. The first-order chi connectivity index (χ1) is 19.6. The standard InChI is InChI=1S/C25H30F5N3O8S2/c1-6-18-32-19(21(42-18)39-12-24(5,26)27)43(37,38)33-11-15(9-13(2)20(34)35)40-17-8-7-14(10-16(17)33)31-22(36)41-23(3,4)25(28,29)30/h7-8,10,13,15H,6,9,11-12H2,1-5H3,(H,31,36)(H,34,35)/t13-,15+/m1/s1. The summed E-state index contributed by atoms with van der Waals surface area (Å²) in [6.07, 6.45) is -7.22. The SMILES string of the molecule is CCc1nc(S(=O)(=O)N2C[C@H](C[C@@H](C)C(=O)O)Oc3ccc(NC(=O)OC(C)(C)C(F)(F)F)cc32)c(OCC(C)(F)F)s1. The zero-order valence-electron chi connectivity index (χ0n) is 23.6. The molecule has 2 aromatic rings. The van der Waals surface area contributed by atoms with Crippen LogP contribution in [0.1, 0.15) is 46.0 Å². The largest absolute Gasteiger partial charge is 0.486 e. The molecule has 0 spiro atoms. The Kier molecular flexibility index (Phi) is 9.75. The van der Waals surface area contributed by atoms with Gasteiger partial charge in [-0.1, -0.05) is 25.2 Å². The van der Waals surface area contributed by atoms with Crippen LogP contribution in [-0.2, 0) is 26.0 Å². The van der Waals surface area contributed by atoms with Gasteiger partial charge >= 0.3 is 18.2 Å². The highest BCUT2D eigenvalue weighted by molar-refractivity contribution is 7.93. The molecule has 1 amide bonds. The maximum absolute atomic E-state index is 14.0. The molecular weight excluding hydrogens is 629 g/mol. The van der Waals surface area contributed by atoms with Gasteiger partial charge in [0.05, 0.1) is 23.2 Å². The van der Waals surface area contributed by atoms with E-state index in [0.29, 0.717) is 20.8 Å². The Morgan fingerprint density at radius 2 is 1.88 bits per heavy atom. The molecule has 11 nitrogen and oxygen atoms in total. The van der Waals surface area contributed by atoms with Crippen molar-refractivity contribution in [1.82, 2.24) is 4.98 Å². The fourth-order valence-corrected chi connectivity index (χ4v) is 6.42. The number of aromatic nitrogens is 1. The van der Waals surface area contributed by atoms with Crippen LogP contribution in [0.3, 0.4) is 0 Å². The minimum absolute atomic E-state index is 0.0690. The van der Waals surface area contributed by atoms with E-state index in [2.05, 4.69) is 15.0 Å². The second-order valence-electron chi connectivity index (χ2n) is 10.4. The summed E-state index contributed by atoms with van der Waals surface area (Å²) in [5.41, 5.74) is -3.20. The summed E-state index contributed by atoms with van der Waals surface area (Å²) in [7, 11) is -4.70. The number of sulfonamides is 1. The van der Waals surface area contributed by atoms with Crippen LogP contribution < -0.4 is 19.1 Å². The number of nitrogens with zero attached hydrogens (tertiary/aromatic N) is 2. The Hall–Kier alpha value is -3.41. The number of fused-ring (bicyclic) bond motifs is 1. The Morgan fingerprint density at radius 3 is 2.44 bits per heavy atom. The summed E-state index contributed by atoms with van der Waals surface area (Å²) < 4.78 is 111. The molecule has 3 rings (SSSR count). The molecule has 240 valence electrons. The first kappa shape index (κ1) is 34.1. The molecule has 0 radical (unpaired) electrons. The number of alkyl halides is 5. The quantitative estimate of drug-likeness (QED) is 0.291. The van der Waals surface area contributed by atoms with Crippen molar-refractivity contribution in [2.24, 2.45) is 5.92 Å². The number of ether oxygens (including phenoxy) is 3. The minimum atomic E-state index is -4.88. The number of carbonyl (C=O) groups is 2. The number of hydrogen-bond acceptors (Lipinski definition) is 9. The summed E-state index contributed by atoms with van der Waals surface area (Å²) in [5.74, 6) is -5.47. The van der Waals surface area contributed by atoms with Gasteiger partial charge in [-0.15, -0.1) is 0 Å². The third-order valence-electron chi connectivity index (χ3n) is 6.11. The molecule has 1 aromatic heterocycles. The first-order valence-electron chi connectivity index (χ1n) is 12.8. The number of thiazole rings is 1. The van der Waals surface area contributed by atoms with E-state index < -0.39 is 75.0 Å². The van der Waals surface area contributed by atoms with Crippen LogP contribution in [0.25, 0.3) is 0 Å². The molecule has 2 heterocycles. The van der Waals surface area contributed by atoms with Crippen molar-refractivity contribution in [3.05, 3.63) is 23.2 Å². The smallest absolute Gasteiger partial charge is 0.427 e. The molecule has 0 fully saturated rings. The molecular formula is C25H30F5N3O8S2. The molecule has 0 bridgehead atoms. The molecule has 2 N–H and O–H groups in total. The molecule has 0 saturated carbocycles. The molecule has 1 aromatic carbocycles. The number of benzene rings is 1. The number of aliphatic carboxylic acids is 1. The van der Waals surface area contributed by atoms with Crippen LogP contribution in [0.2, 0.25) is 0 Å². The topological polar surface area (TPSA) is 144 Å². The predicted molar refractivity (Wildman–Crippen MR) is 145 cm³/mol. The number of amides is 1. The maximum atomic E-state index is 14.0. The van der Waals surface area contributed by atoms with E-state index in [-0.39, 0.29) is 35.0 Å². The Morgan fingerprint density at radius 1 is 1.23 bits per heavy atom. The number of halogens is 5. The van der Waals surface area contributed by atoms with E-state index in [1.54, 1.807) is 6.92 Å². The summed E-state index contributed by atoms with van der Waals surface area (Å²) in [6, 6.07) is 3.54. The number of rotatable bonds is 11. The van der Waals surface area contributed by atoms with E-state index in [1.165, 1.54) is 19.1 Å². The number of hydrogen-bond donors (Lipinski definition) is 2. The van der Waals surface area contributed by atoms with Crippen LogP contribution in [0.5, 0.6) is 10.8 Å². The van der Waals surface area contributed by atoms with Gasteiger partial charge in [-0.05, 0) is 44.9 Å². The maximum Gasteiger partial charge on any atom is 0.427 e. The minimum Gasteiger partial charge on any atom is -0.486 e. The number of anilines is 2. The van der Waals surface area contributed by atoms with Gasteiger partial charge in [0.2, 0.25) is 15.7 Å². The summed E-state index contributed by atoms with van der Waals surface area (Å²) in [5, 5.41) is 10.7. The van der Waals surface area contributed by atoms with E-state index in [0.717, 1.165) is 21.7 Å². The average Bonchev–Trinajstić information content (AvgIpc) is 3.30. The second-order valence-corrected chi connectivity index (χ2v) is 13.2. The Bertz CT molecular complexity index is 1460. The second kappa shape index (κ2) is 12.3. The van der Waals surface area contributed by atoms with Crippen LogP contribution in [-0.4, -0.2) is 67.5 Å².